The predicted octanol–water partition coefficient (Wildman–Crippen LogP) is 5.61. The van der Waals surface area contributed by atoms with Gasteiger partial charge >= 0.3 is 0 Å². The minimum atomic E-state index is 1.33. The quantitative estimate of drug-likeness (QED) is 0.426. The molecule has 0 heterocycles. The van der Waals surface area contributed by atoms with Crippen LogP contribution in [0.3, 0.4) is 0 Å². The second-order valence-electron chi connectivity index (χ2n) is 6.24. The molecule has 4 rings (SSSR count). The number of benzene rings is 3. The lowest BCUT2D eigenvalue weighted by atomic mass is 9.83. The molecule has 0 saturated carbocycles. The number of rotatable bonds is 1. The largest absolute Gasteiger partial charge is 0.0647 e. The van der Waals surface area contributed by atoms with Crippen molar-refractivity contribution < 1.29 is 0 Å². The first-order valence-electron chi connectivity index (χ1n) is 7.81. The third kappa shape index (κ3) is 1.84. The second kappa shape index (κ2) is 4.84. The van der Waals surface area contributed by atoms with E-state index in [9.17, 15) is 0 Å². The topological polar surface area (TPSA) is 0 Å². The van der Waals surface area contributed by atoms with Crippen LogP contribution in [0.1, 0.15) is 33.4 Å². The van der Waals surface area contributed by atoms with E-state index in [1.54, 1.807) is 0 Å². The van der Waals surface area contributed by atoms with Gasteiger partial charge < -0.3 is 0 Å². The van der Waals surface area contributed by atoms with Crippen molar-refractivity contribution in [2.75, 3.05) is 0 Å². The molecule has 1 aliphatic carbocycles. The molecule has 0 nitrogen and oxygen atoms in total. The van der Waals surface area contributed by atoms with E-state index in [1.165, 1.54) is 50.4 Å². The fraction of sp³-hybridized carbons (Fsp3) is 0.136. The standard InChI is InChI=1S/C22H19/c1-14-12-15(2)21(16(3)13-14)22-19-10-6-4-8-17(19)18-9-5-7-11-20(18)22/h4-13H,1-3H3. The van der Waals surface area contributed by atoms with E-state index >= 15 is 0 Å². The average molecular weight is 283 g/mol. The third-order valence-corrected chi connectivity index (χ3v) is 4.61. The minimum Gasteiger partial charge on any atom is -0.0619 e. The van der Waals surface area contributed by atoms with Crippen LogP contribution < -0.4 is 0 Å². The summed E-state index contributed by atoms with van der Waals surface area (Å²) in [4.78, 5) is 0. The molecule has 3 aromatic rings. The smallest absolute Gasteiger partial charge is 0.0619 e. The Morgan fingerprint density at radius 1 is 0.545 bits per heavy atom. The van der Waals surface area contributed by atoms with Crippen molar-refractivity contribution in [3.05, 3.63) is 100.0 Å². The maximum atomic E-state index is 2.29. The Morgan fingerprint density at radius 2 is 0.955 bits per heavy atom. The molecule has 0 spiro atoms. The summed E-state index contributed by atoms with van der Waals surface area (Å²) in [6.07, 6.45) is 0. The van der Waals surface area contributed by atoms with E-state index in [-0.39, 0.29) is 0 Å². The Labute approximate surface area is 132 Å². The first-order valence-corrected chi connectivity index (χ1v) is 7.81. The average Bonchev–Trinajstić information content (AvgIpc) is 2.82. The van der Waals surface area contributed by atoms with Crippen molar-refractivity contribution in [3.63, 3.8) is 0 Å². The Morgan fingerprint density at radius 3 is 1.41 bits per heavy atom. The molecule has 0 atom stereocenters. The van der Waals surface area contributed by atoms with Crippen LogP contribution in [0.2, 0.25) is 0 Å². The van der Waals surface area contributed by atoms with E-state index < -0.39 is 0 Å². The minimum absolute atomic E-state index is 1.33. The zero-order chi connectivity index (χ0) is 15.3. The molecule has 0 bridgehead atoms. The molecule has 0 N–H and O–H groups in total. The van der Waals surface area contributed by atoms with Gasteiger partial charge in [-0.15, -0.1) is 0 Å². The molecule has 1 radical (unpaired) electrons. The molecular weight excluding hydrogens is 264 g/mol. The zero-order valence-corrected chi connectivity index (χ0v) is 13.3. The highest BCUT2D eigenvalue weighted by molar-refractivity contribution is 5.87. The highest BCUT2D eigenvalue weighted by atomic mass is 14.3. The molecule has 0 fully saturated rings. The first-order chi connectivity index (χ1) is 10.7. The Bertz CT molecular complexity index is 802. The lowest BCUT2D eigenvalue weighted by Crippen LogP contribution is -2.05. The van der Waals surface area contributed by atoms with Crippen LogP contribution in [0.15, 0.2) is 60.7 Å². The normalized spacial score (nSPS) is 13.0. The van der Waals surface area contributed by atoms with Crippen molar-refractivity contribution in [1.82, 2.24) is 0 Å². The van der Waals surface area contributed by atoms with Gasteiger partial charge in [-0.3, -0.25) is 0 Å². The highest BCUT2D eigenvalue weighted by Gasteiger charge is 2.31. The number of hydrogen-bond donors (Lipinski definition) is 0. The Hall–Kier alpha value is -2.34. The fourth-order valence-corrected chi connectivity index (χ4v) is 3.86. The van der Waals surface area contributed by atoms with Gasteiger partial charge in [-0.1, -0.05) is 66.2 Å². The van der Waals surface area contributed by atoms with Gasteiger partial charge in [0.15, 0.2) is 0 Å². The summed E-state index contributed by atoms with van der Waals surface area (Å²) < 4.78 is 0. The molecule has 0 aromatic heterocycles. The Kier molecular flexibility index (Phi) is 2.94. The summed E-state index contributed by atoms with van der Waals surface area (Å²) in [7, 11) is 0. The van der Waals surface area contributed by atoms with Gasteiger partial charge in [0.05, 0.1) is 5.92 Å². The second-order valence-corrected chi connectivity index (χ2v) is 6.24. The summed E-state index contributed by atoms with van der Waals surface area (Å²) in [6.45, 7) is 6.63. The van der Waals surface area contributed by atoms with Crippen LogP contribution in [-0.2, 0) is 0 Å². The van der Waals surface area contributed by atoms with Crippen molar-refractivity contribution >= 4 is 0 Å². The molecule has 3 aromatic carbocycles. The molecule has 0 saturated heterocycles. The first kappa shape index (κ1) is 13.3. The van der Waals surface area contributed by atoms with E-state index in [0.29, 0.717) is 0 Å². The van der Waals surface area contributed by atoms with Crippen molar-refractivity contribution in [3.8, 4) is 11.1 Å². The van der Waals surface area contributed by atoms with E-state index in [4.69, 9.17) is 0 Å². The molecule has 0 aliphatic heterocycles. The Balaban J connectivity index is 2.04. The van der Waals surface area contributed by atoms with Gasteiger partial charge in [0.25, 0.3) is 0 Å². The number of fused-ring (bicyclic) bond motifs is 3. The van der Waals surface area contributed by atoms with Gasteiger partial charge in [0, 0.05) is 0 Å². The van der Waals surface area contributed by atoms with E-state index in [0.717, 1.165) is 0 Å². The summed E-state index contributed by atoms with van der Waals surface area (Å²) in [6, 6.07) is 22.1. The molecule has 107 valence electrons. The molecule has 22 heavy (non-hydrogen) atoms. The molecule has 0 heteroatoms. The van der Waals surface area contributed by atoms with Crippen LogP contribution in [0.4, 0.5) is 0 Å². The van der Waals surface area contributed by atoms with Crippen molar-refractivity contribution in [2.24, 2.45) is 0 Å². The van der Waals surface area contributed by atoms with E-state index in [2.05, 4.69) is 81.4 Å². The lowest BCUT2D eigenvalue weighted by molar-refractivity contribution is 1.17. The number of aryl methyl sites for hydroxylation is 3. The van der Waals surface area contributed by atoms with Crippen LogP contribution in [0.5, 0.6) is 0 Å². The summed E-state index contributed by atoms with van der Waals surface area (Å²) in [5.41, 5.74) is 10.9. The summed E-state index contributed by atoms with van der Waals surface area (Å²) >= 11 is 0. The molecule has 0 amide bonds. The van der Waals surface area contributed by atoms with Crippen LogP contribution in [0, 0.1) is 26.7 Å². The van der Waals surface area contributed by atoms with Crippen LogP contribution >= 0.6 is 0 Å². The third-order valence-electron chi connectivity index (χ3n) is 4.61. The van der Waals surface area contributed by atoms with E-state index in [1.807, 2.05) is 0 Å². The molecule has 1 aliphatic rings. The van der Waals surface area contributed by atoms with Gasteiger partial charge in [-0.25, -0.2) is 0 Å². The van der Waals surface area contributed by atoms with Crippen molar-refractivity contribution in [2.45, 2.75) is 20.8 Å². The van der Waals surface area contributed by atoms with Crippen molar-refractivity contribution in [1.29, 1.82) is 0 Å². The maximum absolute atomic E-state index is 2.29. The zero-order valence-electron chi connectivity index (χ0n) is 13.3. The SMILES string of the molecule is Cc1cc(C)c([C]2c3ccccc3-c3ccccc32)c(C)c1. The van der Waals surface area contributed by atoms with Crippen LogP contribution in [0.25, 0.3) is 11.1 Å². The van der Waals surface area contributed by atoms with Gasteiger partial charge in [-0.05, 0) is 59.7 Å². The monoisotopic (exact) mass is 283 g/mol. The lowest BCUT2D eigenvalue weighted by Gasteiger charge is -2.19. The summed E-state index contributed by atoms with van der Waals surface area (Å²) in [5.74, 6) is 1.39. The van der Waals surface area contributed by atoms with Gasteiger partial charge in [-0.2, -0.15) is 0 Å². The van der Waals surface area contributed by atoms with Gasteiger partial charge in [0.1, 0.15) is 0 Å². The summed E-state index contributed by atoms with van der Waals surface area (Å²) in [5, 5.41) is 0. The molecule has 0 unspecified atom stereocenters. The van der Waals surface area contributed by atoms with Gasteiger partial charge in [0.2, 0.25) is 0 Å². The predicted molar refractivity (Wildman–Crippen MR) is 93.1 cm³/mol. The highest BCUT2D eigenvalue weighted by Crippen LogP contribution is 2.48. The molecular formula is C22H19. The maximum Gasteiger partial charge on any atom is 0.0647 e. The number of hydrogen-bond acceptors (Lipinski definition) is 0. The fourth-order valence-electron chi connectivity index (χ4n) is 3.86. The van der Waals surface area contributed by atoms with Crippen LogP contribution in [-0.4, -0.2) is 0 Å².